The predicted molar refractivity (Wildman–Crippen MR) is 85.8 cm³/mol. The number of hydrogen-bond donors (Lipinski definition) is 1. The van der Waals surface area contributed by atoms with E-state index in [0.29, 0.717) is 11.6 Å². The maximum absolute atomic E-state index is 6.19. The van der Waals surface area contributed by atoms with Crippen LogP contribution in [0.25, 0.3) is 21.9 Å². The molecule has 3 nitrogen and oxygen atoms in total. The second-order valence-electron chi connectivity index (χ2n) is 6.01. The number of para-hydroxylation sites is 1. The zero-order valence-electron chi connectivity index (χ0n) is 12.3. The third-order valence-corrected chi connectivity index (χ3v) is 4.67. The van der Waals surface area contributed by atoms with Gasteiger partial charge in [-0.05, 0) is 30.7 Å². The van der Waals surface area contributed by atoms with Gasteiger partial charge in [-0.15, -0.1) is 0 Å². The molecule has 1 aliphatic carbocycles. The van der Waals surface area contributed by atoms with Gasteiger partial charge in [0, 0.05) is 22.4 Å². The molecule has 0 radical (unpaired) electrons. The number of ether oxygens (including phenoxy) is 1. The molecule has 3 aromatic rings. The SMILES string of the molecule is COc1c(N)cc2oc3ccccc3c2c1C(C)C1CC1. The molecule has 4 rings (SSSR count). The minimum absolute atomic E-state index is 0.437. The number of nitrogens with two attached hydrogens (primary N) is 1. The fraction of sp³-hybridized carbons (Fsp3) is 0.333. The molecule has 0 aliphatic heterocycles. The van der Waals surface area contributed by atoms with Crippen molar-refractivity contribution in [2.75, 3.05) is 12.8 Å². The first-order valence-electron chi connectivity index (χ1n) is 7.48. The van der Waals surface area contributed by atoms with Gasteiger partial charge < -0.3 is 14.9 Å². The van der Waals surface area contributed by atoms with E-state index in [1.54, 1.807) is 7.11 Å². The van der Waals surface area contributed by atoms with Crippen molar-refractivity contribution >= 4 is 27.6 Å². The molecule has 1 aromatic heterocycles. The van der Waals surface area contributed by atoms with Gasteiger partial charge in [0.25, 0.3) is 0 Å². The molecular formula is C18H19NO2. The average molecular weight is 281 g/mol. The molecule has 1 aliphatic rings. The van der Waals surface area contributed by atoms with Gasteiger partial charge in [0.1, 0.15) is 16.9 Å². The zero-order chi connectivity index (χ0) is 14.6. The second-order valence-corrected chi connectivity index (χ2v) is 6.01. The summed E-state index contributed by atoms with van der Waals surface area (Å²) in [5.41, 5.74) is 9.83. The molecule has 1 saturated carbocycles. The minimum Gasteiger partial charge on any atom is -0.494 e. The molecule has 3 heteroatoms. The Morgan fingerprint density at radius 2 is 2.00 bits per heavy atom. The first-order valence-corrected chi connectivity index (χ1v) is 7.48. The fourth-order valence-electron chi connectivity index (χ4n) is 3.41. The second kappa shape index (κ2) is 4.42. The molecule has 0 bridgehead atoms. The molecule has 2 aromatic carbocycles. The maximum atomic E-state index is 6.19. The summed E-state index contributed by atoms with van der Waals surface area (Å²) in [6.07, 6.45) is 2.58. The van der Waals surface area contributed by atoms with Crippen LogP contribution in [0.15, 0.2) is 34.7 Å². The first-order chi connectivity index (χ1) is 10.2. The number of benzene rings is 2. The van der Waals surface area contributed by atoms with Crippen molar-refractivity contribution < 1.29 is 9.15 Å². The Kier molecular flexibility index (Phi) is 2.64. The van der Waals surface area contributed by atoms with E-state index in [2.05, 4.69) is 13.0 Å². The third-order valence-electron chi connectivity index (χ3n) is 4.67. The summed E-state index contributed by atoms with van der Waals surface area (Å²) in [4.78, 5) is 0. The van der Waals surface area contributed by atoms with Crippen LogP contribution >= 0.6 is 0 Å². The lowest BCUT2D eigenvalue weighted by molar-refractivity contribution is 0.407. The van der Waals surface area contributed by atoms with Crippen LogP contribution in [0.2, 0.25) is 0 Å². The molecule has 0 saturated heterocycles. The molecule has 0 amide bonds. The summed E-state index contributed by atoms with van der Waals surface area (Å²) in [5, 5.41) is 2.31. The Balaban J connectivity index is 2.13. The molecule has 1 heterocycles. The van der Waals surface area contributed by atoms with Crippen LogP contribution in [0, 0.1) is 5.92 Å². The largest absolute Gasteiger partial charge is 0.494 e. The van der Waals surface area contributed by atoms with E-state index in [1.807, 2.05) is 24.3 Å². The van der Waals surface area contributed by atoms with Gasteiger partial charge in [-0.1, -0.05) is 25.1 Å². The highest BCUT2D eigenvalue weighted by Gasteiger charge is 2.33. The molecule has 21 heavy (non-hydrogen) atoms. The van der Waals surface area contributed by atoms with Crippen molar-refractivity contribution in [3.8, 4) is 5.75 Å². The fourth-order valence-corrected chi connectivity index (χ4v) is 3.41. The summed E-state index contributed by atoms with van der Waals surface area (Å²) in [7, 11) is 1.70. The minimum atomic E-state index is 0.437. The zero-order valence-corrected chi connectivity index (χ0v) is 12.3. The number of methoxy groups -OCH3 is 1. The number of furan rings is 1. The number of nitrogen functional groups attached to an aromatic ring is 1. The summed E-state index contributed by atoms with van der Waals surface area (Å²) in [5.74, 6) is 1.98. The summed E-state index contributed by atoms with van der Waals surface area (Å²) in [6.45, 7) is 2.27. The summed E-state index contributed by atoms with van der Waals surface area (Å²) < 4.78 is 11.6. The van der Waals surface area contributed by atoms with Gasteiger partial charge in [-0.3, -0.25) is 0 Å². The predicted octanol–water partition coefficient (Wildman–Crippen LogP) is 4.69. The Hall–Kier alpha value is -2.16. The van der Waals surface area contributed by atoms with E-state index in [4.69, 9.17) is 14.9 Å². The number of fused-ring (bicyclic) bond motifs is 3. The molecule has 1 unspecified atom stereocenters. The van der Waals surface area contributed by atoms with E-state index >= 15 is 0 Å². The lowest BCUT2D eigenvalue weighted by Crippen LogP contribution is -2.03. The highest BCUT2D eigenvalue weighted by Crippen LogP contribution is 2.50. The van der Waals surface area contributed by atoms with Crippen LogP contribution in [0.1, 0.15) is 31.2 Å². The Morgan fingerprint density at radius 3 is 2.71 bits per heavy atom. The van der Waals surface area contributed by atoms with Crippen molar-refractivity contribution in [1.29, 1.82) is 0 Å². The highest BCUT2D eigenvalue weighted by molar-refractivity contribution is 6.09. The highest BCUT2D eigenvalue weighted by atomic mass is 16.5. The van der Waals surface area contributed by atoms with Crippen molar-refractivity contribution in [1.82, 2.24) is 0 Å². The lowest BCUT2D eigenvalue weighted by atomic mass is 9.90. The lowest BCUT2D eigenvalue weighted by Gasteiger charge is -2.18. The van der Waals surface area contributed by atoms with E-state index < -0.39 is 0 Å². The van der Waals surface area contributed by atoms with Crippen LogP contribution in [0.4, 0.5) is 5.69 Å². The van der Waals surface area contributed by atoms with Gasteiger partial charge in [-0.25, -0.2) is 0 Å². The normalized spacial score (nSPS) is 16.5. The van der Waals surface area contributed by atoms with Crippen molar-refractivity contribution in [2.45, 2.75) is 25.7 Å². The van der Waals surface area contributed by atoms with Crippen LogP contribution < -0.4 is 10.5 Å². The van der Waals surface area contributed by atoms with Gasteiger partial charge in [0.15, 0.2) is 0 Å². The van der Waals surface area contributed by atoms with Gasteiger partial charge >= 0.3 is 0 Å². The molecule has 2 N–H and O–H groups in total. The van der Waals surface area contributed by atoms with E-state index in [9.17, 15) is 0 Å². The number of anilines is 1. The van der Waals surface area contributed by atoms with E-state index in [1.165, 1.54) is 18.4 Å². The number of hydrogen-bond acceptors (Lipinski definition) is 3. The van der Waals surface area contributed by atoms with E-state index in [0.717, 1.165) is 33.6 Å². The monoisotopic (exact) mass is 281 g/mol. The average Bonchev–Trinajstić information content (AvgIpc) is 3.26. The maximum Gasteiger partial charge on any atom is 0.146 e. The standard InChI is InChI=1S/C18H19NO2/c1-10(11-7-8-11)16-17-12-5-3-4-6-14(12)21-15(17)9-13(19)18(16)20-2/h3-6,9-11H,7-8,19H2,1-2H3. The summed E-state index contributed by atoms with van der Waals surface area (Å²) in [6, 6.07) is 10.0. The van der Waals surface area contributed by atoms with Gasteiger partial charge in [-0.2, -0.15) is 0 Å². The van der Waals surface area contributed by atoms with Crippen molar-refractivity contribution in [3.63, 3.8) is 0 Å². The Morgan fingerprint density at radius 1 is 1.24 bits per heavy atom. The number of rotatable bonds is 3. The van der Waals surface area contributed by atoms with Crippen molar-refractivity contribution in [2.24, 2.45) is 5.92 Å². The van der Waals surface area contributed by atoms with Crippen LogP contribution in [-0.4, -0.2) is 7.11 Å². The molecular weight excluding hydrogens is 262 g/mol. The third kappa shape index (κ3) is 1.80. The van der Waals surface area contributed by atoms with Crippen LogP contribution in [0.3, 0.4) is 0 Å². The molecule has 1 atom stereocenters. The quantitative estimate of drug-likeness (QED) is 0.708. The summed E-state index contributed by atoms with van der Waals surface area (Å²) >= 11 is 0. The van der Waals surface area contributed by atoms with Crippen molar-refractivity contribution in [3.05, 3.63) is 35.9 Å². The Labute approximate surface area is 123 Å². The topological polar surface area (TPSA) is 48.4 Å². The van der Waals surface area contributed by atoms with Gasteiger partial charge in [0.2, 0.25) is 0 Å². The van der Waals surface area contributed by atoms with E-state index in [-0.39, 0.29) is 0 Å². The molecule has 1 fully saturated rings. The van der Waals surface area contributed by atoms with Gasteiger partial charge in [0.05, 0.1) is 12.8 Å². The first kappa shape index (κ1) is 12.6. The molecule has 0 spiro atoms. The molecule has 108 valence electrons. The van der Waals surface area contributed by atoms with Crippen LogP contribution in [0.5, 0.6) is 5.75 Å². The van der Waals surface area contributed by atoms with Crippen LogP contribution in [-0.2, 0) is 0 Å². The smallest absolute Gasteiger partial charge is 0.146 e. The Bertz CT molecular complexity index is 830.